The van der Waals surface area contributed by atoms with Crippen LogP contribution in [0.2, 0.25) is 0 Å². The maximum Gasteiger partial charge on any atom is 0.165 e. The summed E-state index contributed by atoms with van der Waals surface area (Å²) in [4.78, 5) is 0. The van der Waals surface area contributed by atoms with E-state index in [4.69, 9.17) is 9.47 Å². The molecule has 1 heterocycles. The van der Waals surface area contributed by atoms with Gasteiger partial charge in [-0.3, -0.25) is 0 Å². The van der Waals surface area contributed by atoms with Gasteiger partial charge in [-0.25, -0.2) is 4.39 Å². The van der Waals surface area contributed by atoms with Crippen LogP contribution in [-0.2, 0) is 4.74 Å². The van der Waals surface area contributed by atoms with Gasteiger partial charge in [0.25, 0.3) is 0 Å². The summed E-state index contributed by atoms with van der Waals surface area (Å²) in [7, 11) is 0. The molecule has 0 spiro atoms. The fourth-order valence-corrected chi connectivity index (χ4v) is 2.10. The van der Waals surface area contributed by atoms with Crippen molar-refractivity contribution in [3.63, 3.8) is 0 Å². The number of rotatable bonds is 4. The van der Waals surface area contributed by atoms with E-state index in [1.54, 1.807) is 12.1 Å². The average Bonchev–Trinajstić information content (AvgIpc) is 2.76. The molecule has 1 aromatic rings. The summed E-state index contributed by atoms with van der Waals surface area (Å²) < 4.78 is 25.0. The van der Waals surface area contributed by atoms with Crippen molar-refractivity contribution in [3.8, 4) is 5.75 Å². The second-order valence-corrected chi connectivity index (χ2v) is 4.76. The molecule has 1 saturated heterocycles. The van der Waals surface area contributed by atoms with Crippen molar-refractivity contribution in [2.24, 2.45) is 0 Å². The van der Waals surface area contributed by atoms with Crippen LogP contribution in [0, 0.1) is 5.82 Å². The third kappa shape index (κ3) is 3.19. The molecule has 0 aliphatic carbocycles. The van der Waals surface area contributed by atoms with Gasteiger partial charge in [0.05, 0.1) is 12.7 Å². The van der Waals surface area contributed by atoms with Crippen LogP contribution >= 0.6 is 15.9 Å². The van der Waals surface area contributed by atoms with E-state index in [9.17, 15) is 4.39 Å². The highest BCUT2D eigenvalue weighted by Gasteiger charge is 2.15. The number of hydrogen-bond acceptors (Lipinski definition) is 2. The molecule has 2 rings (SSSR count). The Balaban J connectivity index is 1.82. The molecule has 1 aliphatic rings. The molecule has 0 radical (unpaired) electrons. The Bertz CT molecular complexity index is 351. The van der Waals surface area contributed by atoms with E-state index in [0.717, 1.165) is 30.3 Å². The van der Waals surface area contributed by atoms with Crippen LogP contribution in [0.3, 0.4) is 0 Å². The Morgan fingerprint density at radius 2 is 2.38 bits per heavy atom. The lowest BCUT2D eigenvalue weighted by Crippen LogP contribution is -2.11. The van der Waals surface area contributed by atoms with Gasteiger partial charge in [-0.15, -0.1) is 0 Å². The Kier molecular flexibility index (Phi) is 4.18. The lowest BCUT2D eigenvalue weighted by atomic mass is 10.2. The molecular weight excluding hydrogens is 275 g/mol. The van der Waals surface area contributed by atoms with Crippen molar-refractivity contribution in [2.75, 3.05) is 13.2 Å². The first-order chi connectivity index (χ1) is 7.75. The first-order valence-electron chi connectivity index (χ1n) is 5.45. The summed E-state index contributed by atoms with van der Waals surface area (Å²) >= 11 is 3.28. The zero-order chi connectivity index (χ0) is 11.4. The minimum atomic E-state index is -0.324. The summed E-state index contributed by atoms with van der Waals surface area (Å²) in [5.41, 5.74) is 0. The molecule has 0 aromatic heterocycles. The highest BCUT2D eigenvalue weighted by atomic mass is 79.9. The molecule has 0 bridgehead atoms. The Labute approximate surface area is 103 Å². The molecule has 0 amide bonds. The van der Waals surface area contributed by atoms with Gasteiger partial charge < -0.3 is 9.47 Å². The normalized spacial score (nSPS) is 20.0. The maximum atomic E-state index is 13.3. The zero-order valence-electron chi connectivity index (χ0n) is 8.92. The minimum absolute atomic E-state index is 0.287. The van der Waals surface area contributed by atoms with Crippen LogP contribution in [0.15, 0.2) is 22.7 Å². The second kappa shape index (κ2) is 5.64. The fraction of sp³-hybridized carbons (Fsp3) is 0.500. The van der Waals surface area contributed by atoms with E-state index in [-0.39, 0.29) is 11.9 Å². The third-order valence-electron chi connectivity index (χ3n) is 2.61. The summed E-state index contributed by atoms with van der Waals surface area (Å²) in [6.45, 7) is 1.34. The van der Waals surface area contributed by atoms with E-state index in [0.29, 0.717) is 12.4 Å². The molecule has 1 aliphatic heterocycles. The Hall–Kier alpha value is -0.610. The van der Waals surface area contributed by atoms with E-state index < -0.39 is 0 Å². The van der Waals surface area contributed by atoms with Gasteiger partial charge in [0, 0.05) is 17.5 Å². The highest BCUT2D eigenvalue weighted by Crippen LogP contribution is 2.23. The molecule has 4 heteroatoms. The summed E-state index contributed by atoms with van der Waals surface area (Å²) in [6, 6.07) is 4.69. The second-order valence-electron chi connectivity index (χ2n) is 3.85. The van der Waals surface area contributed by atoms with Crippen LogP contribution in [0.25, 0.3) is 0 Å². The molecule has 0 saturated carbocycles. The van der Waals surface area contributed by atoms with E-state index in [2.05, 4.69) is 15.9 Å². The highest BCUT2D eigenvalue weighted by molar-refractivity contribution is 9.10. The molecule has 1 aromatic carbocycles. The van der Waals surface area contributed by atoms with Crippen LogP contribution in [-0.4, -0.2) is 19.3 Å². The summed E-state index contributed by atoms with van der Waals surface area (Å²) in [5, 5.41) is 0. The van der Waals surface area contributed by atoms with E-state index in [1.807, 2.05) is 0 Å². The first-order valence-corrected chi connectivity index (χ1v) is 6.24. The SMILES string of the molecule is Fc1ccc(Br)cc1OCCC1CCCO1. The first kappa shape index (κ1) is 11.9. The number of hydrogen-bond donors (Lipinski definition) is 0. The van der Waals surface area contributed by atoms with E-state index >= 15 is 0 Å². The number of ether oxygens (including phenoxy) is 2. The van der Waals surface area contributed by atoms with Gasteiger partial charge in [0.1, 0.15) is 0 Å². The summed E-state index contributed by atoms with van der Waals surface area (Å²) in [6.07, 6.45) is 3.32. The Morgan fingerprint density at radius 3 is 3.12 bits per heavy atom. The van der Waals surface area contributed by atoms with Gasteiger partial charge in [0.2, 0.25) is 0 Å². The molecule has 1 fully saturated rings. The van der Waals surface area contributed by atoms with Crippen LogP contribution in [0.5, 0.6) is 5.75 Å². The van der Waals surface area contributed by atoms with Crippen molar-refractivity contribution >= 4 is 15.9 Å². The van der Waals surface area contributed by atoms with Crippen LogP contribution < -0.4 is 4.74 Å². The van der Waals surface area contributed by atoms with E-state index in [1.165, 1.54) is 6.07 Å². The predicted octanol–water partition coefficient (Wildman–Crippen LogP) is 3.54. The predicted molar refractivity (Wildman–Crippen MR) is 63.2 cm³/mol. The maximum absolute atomic E-state index is 13.3. The molecule has 88 valence electrons. The van der Waals surface area contributed by atoms with Crippen LogP contribution in [0.4, 0.5) is 4.39 Å². The van der Waals surface area contributed by atoms with Crippen molar-refractivity contribution in [2.45, 2.75) is 25.4 Å². The third-order valence-corrected chi connectivity index (χ3v) is 3.11. The Morgan fingerprint density at radius 1 is 1.50 bits per heavy atom. The lowest BCUT2D eigenvalue weighted by molar-refractivity contribution is 0.0897. The number of halogens is 2. The van der Waals surface area contributed by atoms with Gasteiger partial charge in [-0.2, -0.15) is 0 Å². The molecule has 1 unspecified atom stereocenters. The monoisotopic (exact) mass is 288 g/mol. The van der Waals surface area contributed by atoms with Crippen molar-refractivity contribution < 1.29 is 13.9 Å². The lowest BCUT2D eigenvalue weighted by Gasteiger charge is -2.11. The molecule has 1 atom stereocenters. The topological polar surface area (TPSA) is 18.5 Å². The largest absolute Gasteiger partial charge is 0.490 e. The quantitative estimate of drug-likeness (QED) is 0.844. The van der Waals surface area contributed by atoms with Crippen molar-refractivity contribution in [3.05, 3.63) is 28.5 Å². The molecule has 0 N–H and O–H groups in total. The average molecular weight is 289 g/mol. The van der Waals surface area contributed by atoms with Gasteiger partial charge in [0.15, 0.2) is 11.6 Å². The van der Waals surface area contributed by atoms with Gasteiger partial charge in [-0.1, -0.05) is 15.9 Å². The summed E-state index contributed by atoms with van der Waals surface area (Å²) in [5.74, 6) is -0.0251. The zero-order valence-corrected chi connectivity index (χ0v) is 10.5. The van der Waals surface area contributed by atoms with Crippen LogP contribution in [0.1, 0.15) is 19.3 Å². The van der Waals surface area contributed by atoms with Crippen molar-refractivity contribution in [1.29, 1.82) is 0 Å². The van der Waals surface area contributed by atoms with Crippen molar-refractivity contribution in [1.82, 2.24) is 0 Å². The minimum Gasteiger partial charge on any atom is -0.490 e. The molecule has 16 heavy (non-hydrogen) atoms. The molecule has 2 nitrogen and oxygen atoms in total. The standard InChI is InChI=1S/C12H14BrFO2/c13-9-3-4-11(14)12(8-9)16-7-5-10-2-1-6-15-10/h3-4,8,10H,1-2,5-7H2. The molecular formula is C12H14BrFO2. The van der Waals surface area contributed by atoms with Gasteiger partial charge >= 0.3 is 0 Å². The number of benzene rings is 1. The van der Waals surface area contributed by atoms with Gasteiger partial charge in [-0.05, 0) is 31.0 Å². The fourth-order valence-electron chi connectivity index (χ4n) is 1.76. The smallest absolute Gasteiger partial charge is 0.165 e.